The van der Waals surface area contributed by atoms with Crippen molar-refractivity contribution in [1.29, 1.82) is 0 Å². The van der Waals surface area contributed by atoms with E-state index in [0.29, 0.717) is 12.0 Å². The molecule has 0 amide bonds. The Morgan fingerprint density at radius 1 is 1.38 bits per heavy atom. The standard InChI is InChI=1S/C13H20N2S/c1-3-14-10-6-7-11-15(16)13-9-5-4-8-12(13)2/h4-10,12-13,16H,3,11H2,1-2H3/b7-6-,14-10?. The van der Waals surface area contributed by atoms with Gasteiger partial charge in [0.25, 0.3) is 0 Å². The van der Waals surface area contributed by atoms with Gasteiger partial charge in [-0.3, -0.25) is 4.99 Å². The zero-order valence-corrected chi connectivity index (χ0v) is 10.8. The SMILES string of the molecule is CCN=C/C=C\CN(S)C1C=CC=CC1C. The van der Waals surface area contributed by atoms with Crippen molar-refractivity contribution >= 4 is 19.0 Å². The Labute approximate surface area is 104 Å². The summed E-state index contributed by atoms with van der Waals surface area (Å²) in [6, 6.07) is 0.376. The smallest absolute Gasteiger partial charge is 0.0446 e. The lowest BCUT2D eigenvalue weighted by Gasteiger charge is -2.28. The van der Waals surface area contributed by atoms with E-state index in [1.54, 1.807) is 0 Å². The van der Waals surface area contributed by atoms with Crippen molar-refractivity contribution in [2.75, 3.05) is 13.1 Å². The van der Waals surface area contributed by atoms with E-state index in [-0.39, 0.29) is 0 Å². The summed E-state index contributed by atoms with van der Waals surface area (Å²) in [6.07, 6.45) is 14.4. The van der Waals surface area contributed by atoms with Gasteiger partial charge < -0.3 is 0 Å². The van der Waals surface area contributed by atoms with Crippen LogP contribution < -0.4 is 0 Å². The van der Waals surface area contributed by atoms with Crippen LogP contribution in [0, 0.1) is 5.92 Å². The van der Waals surface area contributed by atoms with Gasteiger partial charge in [-0.2, -0.15) is 0 Å². The fraction of sp³-hybridized carbons (Fsp3) is 0.462. The molecular formula is C13H20N2S. The average Bonchev–Trinajstić information content (AvgIpc) is 2.29. The lowest BCUT2D eigenvalue weighted by Crippen LogP contribution is -2.31. The fourth-order valence-electron chi connectivity index (χ4n) is 1.59. The molecule has 0 spiro atoms. The molecule has 2 unspecified atom stereocenters. The number of aliphatic imine (C=N–C) groups is 1. The van der Waals surface area contributed by atoms with Crippen molar-refractivity contribution in [3.8, 4) is 0 Å². The van der Waals surface area contributed by atoms with Crippen molar-refractivity contribution in [2.24, 2.45) is 10.9 Å². The monoisotopic (exact) mass is 236 g/mol. The van der Waals surface area contributed by atoms with Gasteiger partial charge in [-0.1, -0.05) is 50.1 Å². The van der Waals surface area contributed by atoms with Gasteiger partial charge in [0.2, 0.25) is 0 Å². The van der Waals surface area contributed by atoms with E-state index in [4.69, 9.17) is 0 Å². The summed E-state index contributed by atoms with van der Waals surface area (Å²) in [6.45, 7) is 5.89. The van der Waals surface area contributed by atoms with E-state index >= 15 is 0 Å². The Morgan fingerprint density at radius 2 is 2.12 bits per heavy atom. The molecule has 2 atom stereocenters. The maximum absolute atomic E-state index is 4.51. The largest absolute Gasteiger partial charge is 0.293 e. The van der Waals surface area contributed by atoms with Gasteiger partial charge in [0.15, 0.2) is 0 Å². The highest BCUT2D eigenvalue weighted by Gasteiger charge is 2.18. The first-order valence-corrected chi connectivity index (χ1v) is 6.11. The van der Waals surface area contributed by atoms with Crippen LogP contribution >= 0.6 is 12.8 Å². The highest BCUT2D eigenvalue weighted by atomic mass is 32.1. The van der Waals surface area contributed by atoms with Crippen LogP contribution in [0.25, 0.3) is 0 Å². The topological polar surface area (TPSA) is 15.6 Å². The van der Waals surface area contributed by atoms with E-state index in [1.165, 1.54) is 0 Å². The maximum Gasteiger partial charge on any atom is 0.0446 e. The van der Waals surface area contributed by atoms with Gasteiger partial charge in [-0.15, -0.1) is 0 Å². The molecule has 0 N–H and O–H groups in total. The Hall–Kier alpha value is -0.800. The predicted octanol–water partition coefficient (Wildman–Crippen LogP) is 2.91. The fourth-order valence-corrected chi connectivity index (χ4v) is 1.98. The molecule has 2 nitrogen and oxygen atoms in total. The van der Waals surface area contributed by atoms with E-state index in [0.717, 1.165) is 13.1 Å². The van der Waals surface area contributed by atoms with Crippen LogP contribution in [-0.2, 0) is 0 Å². The second kappa shape index (κ2) is 7.47. The molecule has 0 saturated heterocycles. The molecule has 0 aromatic rings. The van der Waals surface area contributed by atoms with Gasteiger partial charge in [-0.25, -0.2) is 4.31 Å². The summed E-state index contributed by atoms with van der Waals surface area (Å²) >= 11 is 4.51. The number of nitrogens with zero attached hydrogens (tertiary/aromatic N) is 2. The second-order valence-corrected chi connectivity index (χ2v) is 4.33. The van der Waals surface area contributed by atoms with Crippen molar-refractivity contribution < 1.29 is 0 Å². The Morgan fingerprint density at radius 3 is 2.81 bits per heavy atom. The van der Waals surface area contributed by atoms with Crippen LogP contribution in [0.4, 0.5) is 0 Å². The Bertz CT molecular complexity index is 305. The van der Waals surface area contributed by atoms with E-state index in [9.17, 15) is 0 Å². The van der Waals surface area contributed by atoms with Crippen molar-refractivity contribution in [3.05, 3.63) is 36.5 Å². The molecule has 3 heteroatoms. The Balaban J connectivity index is 2.37. The zero-order chi connectivity index (χ0) is 11.8. The van der Waals surface area contributed by atoms with Crippen LogP contribution in [0.1, 0.15) is 13.8 Å². The van der Waals surface area contributed by atoms with Crippen molar-refractivity contribution in [2.45, 2.75) is 19.9 Å². The summed E-state index contributed by atoms with van der Waals surface area (Å²) in [5.41, 5.74) is 0. The molecule has 0 heterocycles. The van der Waals surface area contributed by atoms with Gasteiger partial charge in [0.05, 0.1) is 0 Å². The highest BCUT2D eigenvalue weighted by molar-refractivity contribution is 7.77. The van der Waals surface area contributed by atoms with Gasteiger partial charge in [0, 0.05) is 25.3 Å². The third-order valence-corrected chi connectivity index (χ3v) is 2.95. The highest BCUT2D eigenvalue weighted by Crippen LogP contribution is 2.19. The minimum Gasteiger partial charge on any atom is -0.293 e. The number of thiol groups is 1. The third-order valence-electron chi connectivity index (χ3n) is 2.52. The van der Waals surface area contributed by atoms with E-state index < -0.39 is 0 Å². The second-order valence-electron chi connectivity index (χ2n) is 3.82. The summed E-state index contributed by atoms with van der Waals surface area (Å²) in [5, 5.41) is 0. The molecule has 0 aromatic carbocycles. The maximum atomic E-state index is 4.51. The molecule has 0 bridgehead atoms. The lowest BCUT2D eigenvalue weighted by molar-refractivity contribution is 0.379. The molecular weight excluding hydrogens is 216 g/mol. The van der Waals surface area contributed by atoms with Gasteiger partial charge in [-0.05, 0) is 18.9 Å². The quantitative estimate of drug-likeness (QED) is 0.573. The molecule has 16 heavy (non-hydrogen) atoms. The number of hydrogen-bond acceptors (Lipinski definition) is 3. The van der Waals surface area contributed by atoms with Crippen molar-refractivity contribution in [3.63, 3.8) is 0 Å². The molecule has 88 valence electrons. The van der Waals surface area contributed by atoms with E-state index in [1.807, 2.05) is 23.5 Å². The Kier molecular flexibility index (Phi) is 6.19. The normalized spacial score (nSPS) is 25.2. The van der Waals surface area contributed by atoms with Crippen molar-refractivity contribution in [1.82, 2.24) is 4.31 Å². The van der Waals surface area contributed by atoms with Gasteiger partial charge >= 0.3 is 0 Å². The van der Waals surface area contributed by atoms with Crippen LogP contribution in [0.3, 0.4) is 0 Å². The molecule has 1 aliphatic carbocycles. The first-order chi connectivity index (χ1) is 7.75. The summed E-state index contributed by atoms with van der Waals surface area (Å²) in [7, 11) is 0. The molecule has 0 aromatic heterocycles. The lowest BCUT2D eigenvalue weighted by atomic mass is 9.97. The number of allylic oxidation sites excluding steroid dienone is 3. The molecule has 0 radical (unpaired) electrons. The number of hydrogen-bond donors (Lipinski definition) is 1. The molecule has 0 aliphatic heterocycles. The molecule has 0 fully saturated rings. The molecule has 1 rings (SSSR count). The summed E-state index contributed by atoms with van der Waals surface area (Å²) < 4.78 is 2.04. The van der Waals surface area contributed by atoms with Gasteiger partial charge in [0.1, 0.15) is 0 Å². The summed E-state index contributed by atoms with van der Waals surface area (Å²) in [4.78, 5) is 4.12. The molecule has 1 aliphatic rings. The van der Waals surface area contributed by atoms with Crippen LogP contribution in [0.15, 0.2) is 41.4 Å². The minimum atomic E-state index is 0.376. The van der Waals surface area contributed by atoms with E-state index in [2.05, 4.69) is 55.1 Å². The first kappa shape index (κ1) is 13.3. The third kappa shape index (κ3) is 4.37. The zero-order valence-electron chi connectivity index (χ0n) is 9.95. The van der Waals surface area contributed by atoms with Crippen LogP contribution in [0.2, 0.25) is 0 Å². The first-order valence-electron chi connectivity index (χ1n) is 5.71. The average molecular weight is 236 g/mol. The number of rotatable bonds is 5. The van der Waals surface area contributed by atoms with Crippen LogP contribution in [0.5, 0.6) is 0 Å². The summed E-state index contributed by atoms with van der Waals surface area (Å²) in [5.74, 6) is 0.514. The molecule has 0 saturated carbocycles. The van der Waals surface area contributed by atoms with Crippen LogP contribution in [-0.4, -0.2) is 29.7 Å². The minimum absolute atomic E-state index is 0.376. The predicted molar refractivity (Wildman–Crippen MR) is 75.1 cm³/mol.